The quantitative estimate of drug-likeness (QED) is 0.481. The van der Waals surface area contributed by atoms with E-state index in [2.05, 4.69) is 29.4 Å². The van der Waals surface area contributed by atoms with Crippen LogP contribution >= 0.6 is 0 Å². The average Bonchev–Trinajstić information content (AvgIpc) is 2.90. The van der Waals surface area contributed by atoms with Gasteiger partial charge >= 0.3 is 12.2 Å². The summed E-state index contributed by atoms with van der Waals surface area (Å²) >= 11 is 0. The van der Waals surface area contributed by atoms with Gasteiger partial charge in [-0.3, -0.25) is 0 Å². The molecule has 200 valence electrons. The van der Waals surface area contributed by atoms with E-state index in [1.54, 1.807) is 24.3 Å². The normalized spacial score (nSPS) is 13.1. The Morgan fingerprint density at radius 2 is 1.50 bits per heavy atom. The van der Waals surface area contributed by atoms with E-state index in [1.807, 2.05) is 12.1 Å². The first-order chi connectivity index (χ1) is 18.2. The molecule has 0 atom stereocenters. The van der Waals surface area contributed by atoms with E-state index in [9.17, 15) is 13.2 Å². The number of aromatic nitrogens is 2. The van der Waals surface area contributed by atoms with Gasteiger partial charge in [0.25, 0.3) is 0 Å². The number of sulfone groups is 1. The highest BCUT2D eigenvalue weighted by Crippen LogP contribution is 2.27. The third kappa shape index (κ3) is 7.45. The van der Waals surface area contributed by atoms with Crippen molar-refractivity contribution >= 4 is 39.2 Å². The maximum atomic E-state index is 12.4. The summed E-state index contributed by atoms with van der Waals surface area (Å²) in [6.07, 6.45) is 2.20. The van der Waals surface area contributed by atoms with E-state index in [0.29, 0.717) is 30.4 Å². The highest BCUT2D eigenvalue weighted by Gasteiger charge is 2.19. The van der Waals surface area contributed by atoms with Crippen LogP contribution in [-0.2, 0) is 30.6 Å². The lowest BCUT2D eigenvalue weighted by atomic mass is 10.1. The van der Waals surface area contributed by atoms with Gasteiger partial charge in [0, 0.05) is 47.5 Å². The van der Waals surface area contributed by atoms with E-state index < -0.39 is 15.9 Å². The number of rotatable bonds is 6. The zero-order chi connectivity index (χ0) is 27.7. The maximum absolute atomic E-state index is 12.4. The fourth-order valence-corrected chi connectivity index (χ4v) is 4.52. The van der Waals surface area contributed by atoms with Gasteiger partial charge in [-0.2, -0.15) is 9.59 Å². The van der Waals surface area contributed by atoms with E-state index >= 15 is 0 Å². The van der Waals surface area contributed by atoms with Crippen LogP contribution in [0.3, 0.4) is 0 Å². The minimum absolute atomic E-state index is 0.195. The fourth-order valence-electron chi connectivity index (χ4n) is 3.89. The first-order valence-corrected chi connectivity index (χ1v) is 13.7. The highest BCUT2D eigenvalue weighted by molar-refractivity contribution is 7.90. The molecule has 3 aromatic rings. The van der Waals surface area contributed by atoms with Gasteiger partial charge < -0.3 is 20.3 Å². The second kappa shape index (κ2) is 12.9. The Balaban J connectivity index is 0.00000127. The van der Waals surface area contributed by atoms with E-state index in [-0.39, 0.29) is 11.0 Å². The van der Waals surface area contributed by atoms with Gasteiger partial charge in [0.05, 0.1) is 18.1 Å². The molecule has 1 aromatic heterocycles. The SMILES string of the molecule is CCc1nc(-c2ccc(NC(=O)Nc3ccc(S(C)(=O)=O)cc3)cc2)nc(N2CCOCC2)c1C.O=C=O. The first-order valence-electron chi connectivity index (χ1n) is 11.8. The smallest absolute Gasteiger partial charge is 0.373 e. The Kier molecular flexibility index (Phi) is 9.66. The predicted molar refractivity (Wildman–Crippen MR) is 142 cm³/mol. The highest BCUT2D eigenvalue weighted by atomic mass is 32.2. The molecule has 12 heteroatoms. The van der Waals surface area contributed by atoms with Crippen LogP contribution in [0, 0.1) is 6.92 Å². The van der Waals surface area contributed by atoms with Crippen molar-refractivity contribution in [3.05, 3.63) is 59.8 Å². The number of benzene rings is 2. The number of amides is 2. The summed E-state index contributed by atoms with van der Waals surface area (Å²) in [5.74, 6) is 1.59. The molecule has 1 aliphatic rings. The topological polar surface area (TPSA) is 148 Å². The average molecular weight is 540 g/mol. The van der Waals surface area contributed by atoms with Crippen molar-refractivity contribution in [1.82, 2.24) is 9.97 Å². The molecule has 0 radical (unpaired) electrons. The Morgan fingerprint density at radius 3 is 2.00 bits per heavy atom. The summed E-state index contributed by atoms with van der Waals surface area (Å²) in [6, 6.07) is 12.9. The van der Waals surface area contributed by atoms with E-state index in [0.717, 1.165) is 48.4 Å². The third-order valence-electron chi connectivity index (χ3n) is 5.81. The van der Waals surface area contributed by atoms with E-state index in [4.69, 9.17) is 24.3 Å². The lowest BCUT2D eigenvalue weighted by molar-refractivity contribution is -0.191. The number of nitrogens with one attached hydrogen (secondary N) is 2. The van der Waals surface area contributed by atoms with Crippen LogP contribution in [0.5, 0.6) is 0 Å². The maximum Gasteiger partial charge on any atom is 0.373 e. The molecule has 1 aliphatic heterocycles. The second-order valence-corrected chi connectivity index (χ2v) is 10.4. The zero-order valence-corrected chi connectivity index (χ0v) is 22.2. The molecule has 0 unspecified atom stereocenters. The number of hydrogen-bond donors (Lipinski definition) is 2. The number of carbonyl (C=O) groups excluding carboxylic acids is 3. The number of carbonyl (C=O) groups is 1. The standard InChI is InChI=1S/C25H29N5O4S.CO2/c1-4-22-17(2)24(30-13-15-34-16-14-30)29-23(28-22)18-5-7-19(8-6-18)26-25(31)27-20-9-11-21(12-10-20)35(3,32)33;2-1-3/h5-12H,4,13-16H2,1-3H3,(H2,26,27,31);. The molecule has 0 bridgehead atoms. The lowest BCUT2D eigenvalue weighted by Crippen LogP contribution is -2.37. The van der Waals surface area contributed by atoms with Gasteiger partial charge in [-0.15, -0.1) is 0 Å². The molecule has 2 amide bonds. The minimum atomic E-state index is -3.29. The van der Waals surface area contributed by atoms with Crippen molar-refractivity contribution in [3.8, 4) is 11.4 Å². The van der Waals surface area contributed by atoms with Crippen molar-refractivity contribution < 1.29 is 27.5 Å². The molecule has 0 spiro atoms. The van der Waals surface area contributed by atoms with Gasteiger partial charge in [0.15, 0.2) is 15.7 Å². The minimum Gasteiger partial charge on any atom is -0.378 e. The molecule has 0 saturated carbocycles. The molecule has 1 fully saturated rings. The molecule has 2 N–H and O–H groups in total. The predicted octanol–water partition coefficient (Wildman–Crippen LogP) is 3.32. The molecule has 38 heavy (non-hydrogen) atoms. The number of anilines is 3. The van der Waals surface area contributed by atoms with Crippen molar-refractivity contribution in [2.45, 2.75) is 25.2 Å². The number of hydrogen-bond acceptors (Lipinski definition) is 9. The summed E-state index contributed by atoms with van der Waals surface area (Å²) in [4.78, 5) is 40.7. The second-order valence-electron chi connectivity index (χ2n) is 8.43. The van der Waals surface area contributed by atoms with Gasteiger partial charge in [-0.05, 0) is 61.9 Å². The molecule has 2 heterocycles. The lowest BCUT2D eigenvalue weighted by Gasteiger charge is -2.29. The van der Waals surface area contributed by atoms with Crippen LogP contribution in [-0.4, -0.2) is 63.1 Å². The first kappa shape index (κ1) is 28.5. The summed E-state index contributed by atoms with van der Waals surface area (Å²) in [7, 11) is -3.29. The Hall–Kier alpha value is -4.12. The number of ether oxygens (including phenoxy) is 1. The van der Waals surface area contributed by atoms with Crippen LogP contribution in [0.4, 0.5) is 22.0 Å². The Bertz CT molecular complexity index is 1400. The number of morpholine rings is 1. The fraction of sp³-hybridized carbons (Fsp3) is 0.308. The van der Waals surface area contributed by atoms with Crippen LogP contribution in [0.2, 0.25) is 0 Å². The summed E-state index contributed by atoms with van der Waals surface area (Å²) in [5.41, 5.74) is 4.06. The van der Waals surface area contributed by atoms with Crippen molar-refractivity contribution in [3.63, 3.8) is 0 Å². The molecule has 1 saturated heterocycles. The number of urea groups is 1. The van der Waals surface area contributed by atoms with Crippen molar-refractivity contribution in [1.29, 1.82) is 0 Å². The van der Waals surface area contributed by atoms with Crippen LogP contribution in [0.1, 0.15) is 18.2 Å². The van der Waals surface area contributed by atoms with Gasteiger partial charge in [0.1, 0.15) is 5.82 Å². The zero-order valence-electron chi connectivity index (χ0n) is 21.4. The molecule has 0 aliphatic carbocycles. The van der Waals surface area contributed by atoms with Gasteiger partial charge in [0.2, 0.25) is 0 Å². The Labute approximate surface area is 221 Å². The van der Waals surface area contributed by atoms with Crippen LogP contribution < -0.4 is 15.5 Å². The van der Waals surface area contributed by atoms with Crippen LogP contribution in [0.15, 0.2) is 53.4 Å². The largest absolute Gasteiger partial charge is 0.378 e. The molecule has 4 rings (SSSR count). The molecular weight excluding hydrogens is 510 g/mol. The van der Waals surface area contributed by atoms with Crippen LogP contribution in [0.25, 0.3) is 11.4 Å². The van der Waals surface area contributed by atoms with Crippen molar-refractivity contribution in [2.75, 3.05) is 48.1 Å². The van der Waals surface area contributed by atoms with Gasteiger partial charge in [-0.1, -0.05) is 6.92 Å². The Morgan fingerprint density at radius 1 is 0.974 bits per heavy atom. The van der Waals surface area contributed by atoms with Crippen molar-refractivity contribution in [2.24, 2.45) is 0 Å². The summed E-state index contributed by atoms with van der Waals surface area (Å²) in [5, 5.41) is 5.47. The monoisotopic (exact) mass is 539 g/mol. The third-order valence-corrected chi connectivity index (χ3v) is 6.94. The summed E-state index contributed by atoms with van der Waals surface area (Å²) < 4.78 is 28.6. The van der Waals surface area contributed by atoms with Gasteiger partial charge in [-0.25, -0.2) is 23.2 Å². The summed E-state index contributed by atoms with van der Waals surface area (Å²) in [6.45, 7) is 7.12. The number of aryl methyl sites for hydroxylation is 1. The molecule has 11 nitrogen and oxygen atoms in total. The van der Waals surface area contributed by atoms with E-state index in [1.165, 1.54) is 12.1 Å². The molecular formula is C26H29N5O6S. The molecule has 2 aromatic carbocycles. The number of nitrogens with zero attached hydrogens (tertiary/aromatic N) is 3.